The molecule has 122 valence electrons. The summed E-state index contributed by atoms with van der Waals surface area (Å²) in [6.07, 6.45) is 0.0271. The third-order valence-electron chi connectivity index (χ3n) is 3.03. The van der Waals surface area contributed by atoms with Crippen molar-refractivity contribution in [3.05, 3.63) is 0 Å². The summed E-state index contributed by atoms with van der Waals surface area (Å²) in [5.74, 6) is -0.306. The normalized spacial score (nSPS) is 23.1. The third kappa shape index (κ3) is 5.53. The highest BCUT2D eigenvalue weighted by Gasteiger charge is 2.42. The molecule has 1 aliphatic rings. The van der Waals surface area contributed by atoms with E-state index in [0.717, 1.165) is 0 Å². The second-order valence-electron chi connectivity index (χ2n) is 7.52. The number of amides is 1. The van der Waals surface area contributed by atoms with Crippen LogP contribution in [-0.2, 0) is 14.3 Å². The Bertz CT molecular complexity index is 359. The Morgan fingerprint density at radius 3 is 2.05 bits per heavy atom. The van der Waals surface area contributed by atoms with Gasteiger partial charge < -0.3 is 15.2 Å². The van der Waals surface area contributed by atoms with Gasteiger partial charge in [-0.25, -0.2) is 9.59 Å². The molecule has 1 fully saturated rings. The molecule has 1 aliphatic heterocycles. The van der Waals surface area contributed by atoms with Crippen LogP contribution in [0.25, 0.3) is 0 Å². The van der Waals surface area contributed by atoms with Gasteiger partial charge in [0.2, 0.25) is 0 Å². The van der Waals surface area contributed by atoms with E-state index >= 15 is 0 Å². The molecule has 1 saturated heterocycles. The molecule has 1 rings (SSSR count). The van der Waals surface area contributed by atoms with E-state index in [-0.39, 0.29) is 5.92 Å². The van der Waals surface area contributed by atoms with E-state index in [1.807, 2.05) is 0 Å². The minimum absolute atomic E-state index is 0.0926. The molecule has 0 saturated carbocycles. The molecule has 0 aromatic heterocycles. The minimum Gasteiger partial charge on any atom is -0.458 e. The fourth-order valence-corrected chi connectivity index (χ4v) is 2.21. The molecule has 0 spiro atoms. The number of carbonyl (C=O) groups excluding carboxylic acids is 2. The first-order chi connectivity index (χ1) is 9.43. The van der Waals surface area contributed by atoms with Crippen LogP contribution in [0.15, 0.2) is 0 Å². The Balaban J connectivity index is 2.83. The van der Waals surface area contributed by atoms with Gasteiger partial charge in [0.15, 0.2) is 0 Å². The number of nitrogens with two attached hydrogens (primary N) is 1. The van der Waals surface area contributed by atoms with E-state index < -0.39 is 29.3 Å². The molecule has 2 N–H and O–H groups in total. The summed E-state index contributed by atoms with van der Waals surface area (Å²) < 4.78 is 10.8. The first-order valence-electron chi connectivity index (χ1n) is 7.35. The topological polar surface area (TPSA) is 81.9 Å². The Morgan fingerprint density at radius 1 is 1.10 bits per heavy atom. The van der Waals surface area contributed by atoms with E-state index in [0.29, 0.717) is 19.5 Å². The van der Waals surface area contributed by atoms with Crippen molar-refractivity contribution in [3.63, 3.8) is 0 Å². The van der Waals surface area contributed by atoms with Crippen LogP contribution in [0.2, 0.25) is 0 Å². The Labute approximate surface area is 126 Å². The number of hydrogen-bond acceptors (Lipinski definition) is 5. The van der Waals surface area contributed by atoms with Crippen LogP contribution in [0, 0.1) is 5.92 Å². The highest BCUT2D eigenvalue weighted by Crippen LogP contribution is 2.27. The van der Waals surface area contributed by atoms with E-state index in [9.17, 15) is 9.59 Å². The van der Waals surface area contributed by atoms with Crippen LogP contribution in [0.4, 0.5) is 4.79 Å². The predicted molar refractivity (Wildman–Crippen MR) is 79.7 cm³/mol. The lowest BCUT2D eigenvalue weighted by molar-refractivity contribution is -0.160. The van der Waals surface area contributed by atoms with Gasteiger partial charge in [0, 0.05) is 6.54 Å². The lowest BCUT2D eigenvalue weighted by Gasteiger charge is -2.29. The van der Waals surface area contributed by atoms with Crippen molar-refractivity contribution in [1.82, 2.24) is 4.90 Å². The van der Waals surface area contributed by atoms with Crippen molar-refractivity contribution >= 4 is 12.1 Å². The molecule has 0 radical (unpaired) electrons. The fourth-order valence-electron chi connectivity index (χ4n) is 2.21. The maximum absolute atomic E-state index is 12.3. The second-order valence-corrected chi connectivity index (χ2v) is 7.52. The van der Waals surface area contributed by atoms with E-state index in [4.69, 9.17) is 15.2 Å². The number of esters is 1. The van der Waals surface area contributed by atoms with Crippen molar-refractivity contribution in [2.45, 2.75) is 65.2 Å². The average molecular weight is 300 g/mol. The largest absolute Gasteiger partial charge is 0.458 e. The van der Waals surface area contributed by atoms with Crippen molar-refractivity contribution < 1.29 is 19.1 Å². The van der Waals surface area contributed by atoms with Gasteiger partial charge in [0.25, 0.3) is 0 Å². The monoisotopic (exact) mass is 300 g/mol. The summed E-state index contributed by atoms with van der Waals surface area (Å²) >= 11 is 0. The molecule has 0 aromatic carbocycles. The van der Waals surface area contributed by atoms with Crippen LogP contribution in [0.1, 0.15) is 48.0 Å². The zero-order chi connectivity index (χ0) is 16.4. The molecule has 1 heterocycles. The Kier molecular flexibility index (Phi) is 5.25. The summed E-state index contributed by atoms with van der Waals surface area (Å²) in [5, 5.41) is 0. The van der Waals surface area contributed by atoms with Gasteiger partial charge in [0.05, 0.1) is 0 Å². The van der Waals surface area contributed by atoms with Gasteiger partial charge in [-0.05, 0) is 60.4 Å². The Hall–Kier alpha value is -1.30. The van der Waals surface area contributed by atoms with Crippen LogP contribution >= 0.6 is 0 Å². The average Bonchev–Trinajstić information content (AvgIpc) is 2.68. The maximum Gasteiger partial charge on any atom is 0.411 e. The number of likely N-dealkylation sites (tertiary alicyclic amines) is 1. The first-order valence-corrected chi connectivity index (χ1v) is 7.35. The number of carbonyl (C=O) groups is 2. The smallest absolute Gasteiger partial charge is 0.411 e. The standard InChI is InChI=1S/C15H28N2O4/c1-14(2,3)20-12(18)11-7-10(8-16)9-17(11)13(19)21-15(4,5)6/h10-11H,7-9,16H2,1-6H3/t10-,11-/m0/s1. The summed E-state index contributed by atoms with van der Waals surface area (Å²) in [6.45, 7) is 11.7. The molecular formula is C15H28N2O4. The molecule has 6 heteroatoms. The van der Waals surface area contributed by atoms with Gasteiger partial charge in [-0.2, -0.15) is 0 Å². The van der Waals surface area contributed by atoms with Gasteiger partial charge in [-0.1, -0.05) is 0 Å². The minimum atomic E-state index is -0.618. The molecule has 21 heavy (non-hydrogen) atoms. The third-order valence-corrected chi connectivity index (χ3v) is 3.03. The van der Waals surface area contributed by atoms with Gasteiger partial charge in [-0.3, -0.25) is 4.90 Å². The number of rotatable bonds is 2. The lowest BCUT2D eigenvalue weighted by Crippen LogP contribution is -2.45. The molecule has 0 aromatic rings. The zero-order valence-corrected chi connectivity index (χ0v) is 13.9. The van der Waals surface area contributed by atoms with Crippen molar-refractivity contribution in [1.29, 1.82) is 0 Å². The number of hydrogen-bond donors (Lipinski definition) is 1. The zero-order valence-electron chi connectivity index (χ0n) is 13.9. The molecule has 6 nitrogen and oxygen atoms in total. The highest BCUT2D eigenvalue weighted by atomic mass is 16.6. The van der Waals surface area contributed by atoms with Crippen molar-refractivity contribution in [2.75, 3.05) is 13.1 Å². The summed E-state index contributed by atoms with van der Waals surface area (Å²) in [6, 6.07) is -0.618. The first kappa shape index (κ1) is 17.8. The molecule has 0 bridgehead atoms. The van der Waals surface area contributed by atoms with E-state index in [1.165, 1.54) is 4.90 Å². The lowest BCUT2D eigenvalue weighted by atomic mass is 10.1. The van der Waals surface area contributed by atoms with E-state index in [2.05, 4.69) is 0 Å². The van der Waals surface area contributed by atoms with Crippen LogP contribution < -0.4 is 5.73 Å². The second kappa shape index (κ2) is 6.22. The maximum atomic E-state index is 12.3. The summed E-state index contributed by atoms with van der Waals surface area (Å²) in [5.41, 5.74) is 4.50. The number of ether oxygens (including phenoxy) is 2. The van der Waals surface area contributed by atoms with E-state index in [1.54, 1.807) is 41.5 Å². The molecular weight excluding hydrogens is 272 g/mol. The summed E-state index contributed by atoms with van der Waals surface area (Å²) in [7, 11) is 0. The van der Waals surface area contributed by atoms with Crippen molar-refractivity contribution in [2.24, 2.45) is 11.7 Å². The number of nitrogens with zero attached hydrogens (tertiary/aromatic N) is 1. The predicted octanol–water partition coefficient (Wildman–Crippen LogP) is 1.91. The van der Waals surface area contributed by atoms with Gasteiger partial charge >= 0.3 is 12.1 Å². The highest BCUT2D eigenvalue weighted by molar-refractivity contribution is 5.82. The summed E-state index contributed by atoms with van der Waals surface area (Å²) in [4.78, 5) is 26.0. The van der Waals surface area contributed by atoms with Gasteiger partial charge in [0.1, 0.15) is 17.2 Å². The van der Waals surface area contributed by atoms with Crippen LogP contribution in [0.5, 0.6) is 0 Å². The van der Waals surface area contributed by atoms with Crippen LogP contribution in [0.3, 0.4) is 0 Å². The SMILES string of the molecule is CC(C)(C)OC(=O)[C@@H]1C[C@@H](CN)CN1C(=O)OC(C)(C)C. The molecule has 0 aliphatic carbocycles. The Morgan fingerprint density at radius 2 is 1.62 bits per heavy atom. The molecule has 2 atom stereocenters. The fraction of sp³-hybridized carbons (Fsp3) is 0.867. The van der Waals surface area contributed by atoms with Crippen LogP contribution in [-0.4, -0.2) is 47.3 Å². The van der Waals surface area contributed by atoms with Crippen molar-refractivity contribution in [3.8, 4) is 0 Å². The quantitative estimate of drug-likeness (QED) is 0.788. The van der Waals surface area contributed by atoms with Gasteiger partial charge in [-0.15, -0.1) is 0 Å². The molecule has 1 amide bonds. The molecule has 0 unspecified atom stereocenters.